The minimum Gasteiger partial charge on any atom is -0.423 e. The number of nitrogens with one attached hydrogen (secondary N) is 2. The summed E-state index contributed by atoms with van der Waals surface area (Å²) >= 11 is 1.38. The summed E-state index contributed by atoms with van der Waals surface area (Å²) in [6.45, 7) is 0. The highest BCUT2D eigenvalue weighted by molar-refractivity contribution is 8.18. The second-order valence-electron chi connectivity index (χ2n) is 4.70. The predicted octanol–water partition coefficient (Wildman–Crippen LogP) is 1.78. The van der Waals surface area contributed by atoms with Crippen LogP contribution in [0.5, 0.6) is 5.75 Å². The van der Waals surface area contributed by atoms with Gasteiger partial charge in [-0.25, -0.2) is 4.79 Å². The molecule has 8 nitrogen and oxygen atoms in total. The van der Waals surface area contributed by atoms with E-state index in [2.05, 4.69) is 5.32 Å². The van der Waals surface area contributed by atoms with Crippen LogP contribution >= 0.6 is 23.5 Å². The van der Waals surface area contributed by atoms with Crippen molar-refractivity contribution in [1.82, 2.24) is 10.6 Å². The first-order valence-electron chi connectivity index (χ1n) is 6.72. The van der Waals surface area contributed by atoms with Crippen LogP contribution in [0.4, 0.5) is 9.59 Å². The molecule has 0 unspecified atom stereocenters. The van der Waals surface area contributed by atoms with Crippen LogP contribution in [0.15, 0.2) is 40.2 Å². The number of esters is 1. The van der Waals surface area contributed by atoms with Crippen molar-refractivity contribution < 1.29 is 28.7 Å². The van der Waals surface area contributed by atoms with Gasteiger partial charge < -0.3 is 4.74 Å². The summed E-state index contributed by atoms with van der Waals surface area (Å²) in [6, 6.07) is 6.27. The number of hydrogen-bond donors (Lipinski definition) is 2. The number of amides is 4. The first kappa shape index (κ1) is 17.0. The Morgan fingerprint density at radius 2 is 1.60 bits per heavy atom. The average Bonchev–Trinajstić information content (AvgIpc) is 3.00. The van der Waals surface area contributed by atoms with Gasteiger partial charge in [-0.15, -0.1) is 0 Å². The number of rotatable bonds is 3. The molecule has 3 rings (SSSR count). The van der Waals surface area contributed by atoms with Crippen LogP contribution in [0.1, 0.15) is 5.56 Å². The first-order valence-corrected chi connectivity index (χ1v) is 8.35. The molecule has 126 valence electrons. The average molecular weight is 376 g/mol. The smallest absolute Gasteiger partial charge is 0.337 e. The van der Waals surface area contributed by atoms with Gasteiger partial charge in [0.2, 0.25) is 0 Å². The highest BCUT2D eigenvalue weighted by Crippen LogP contribution is 2.27. The molecule has 1 aromatic carbocycles. The molecule has 0 aromatic heterocycles. The molecule has 0 atom stereocenters. The molecular formula is C15H8N2O6S2. The SMILES string of the molecule is O=C(/C=C1/SC(=O)NC1=O)Oc1cccc(/C=C2\SC(=O)NC2=O)c1. The zero-order valence-corrected chi connectivity index (χ0v) is 13.9. The summed E-state index contributed by atoms with van der Waals surface area (Å²) in [5.74, 6) is -1.78. The lowest BCUT2D eigenvalue weighted by atomic mass is 10.2. The van der Waals surface area contributed by atoms with Gasteiger partial charge in [0.25, 0.3) is 22.3 Å². The largest absolute Gasteiger partial charge is 0.423 e. The van der Waals surface area contributed by atoms with Gasteiger partial charge in [-0.3, -0.25) is 29.8 Å². The van der Waals surface area contributed by atoms with E-state index in [1.807, 2.05) is 5.32 Å². The van der Waals surface area contributed by atoms with E-state index in [1.54, 1.807) is 12.1 Å². The van der Waals surface area contributed by atoms with Gasteiger partial charge in [-0.1, -0.05) is 12.1 Å². The monoisotopic (exact) mass is 376 g/mol. The Kier molecular flexibility index (Phi) is 4.72. The van der Waals surface area contributed by atoms with Crippen molar-refractivity contribution in [3.05, 3.63) is 45.7 Å². The molecule has 25 heavy (non-hydrogen) atoms. The molecule has 2 heterocycles. The van der Waals surface area contributed by atoms with Crippen molar-refractivity contribution in [3.63, 3.8) is 0 Å². The molecule has 0 aliphatic carbocycles. The van der Waals surface area contributed by atoms with Crippen LogP contribution in [0.3, 0.4) is 0 Å². The molecule has 2 aliphatic rings. The predicted molar refractivity (Wildman–Crippen MR) is 90.4 cm³/mol. The number of carbonyl (C=O) groups is 5. The number of benzene rings is 1. The maximum Gasteiger partial charge on any atom is 0.337 e. The molecular weight excluding hydrogens is 368 g/mol. The number of hydrogen-bond acceptors (Lipinski definition) is 8. The van der Waals surface area contributed by atoms with Crippen LogP contribution in [0.2, 0.25) is 0 Å². The minimum atomic E-state index is -0.819. The second-order valence-corrected chi connectivity index (χ2v) is 6.73. The maximum absolute atomic E-state index is 11.8. The zero-order chi connectivity index (χ0) is 18.0. The summed E-state index contributed by atoms with van der Waals surface area (Å²) in [7, 11) is 0. The molecule has 2 aliphatic heterocycles. The molecule has 0 spiro atoms. The minimum absolute atomic E-state index is 0.0502. The Morgan fingerprint density at radius 3 is 2.20 bits per heavy atom. The van der Waals surface area contributed by atoms with Crippen LogP contribution in [-0.4, -0.2) is 28.3 Å². The topological polar surface area (TPSA) is 119 Å². The number of thioether (sulfide) groups is 2. The number of imide groups is 2. The van der Waals surface area contributed by atoms with Crippen molar-refractivity contribution in [3.8, 4) is 5.75 Å². The molecule has 4 amide bonds. The van der Waals surface area contributed by atoms with E-state index in [0.29, 0.717) is 17.3 Å². The normalized spacial score (nSPS) is 20.2. The molecule has 2 saturated heterocycles. The van der Waals surface area contributed by atoms with E-state index < -0.39 is 28.3 Å². The third-order valence-corrected chi connectivity index (χ3v) is 4.53. The molecule has 0 radical (unpaired) electrons. The molecule has 1 aromatic rings. The Labute approximate surface area is 149 Å². The Hall–Kier alpha value is -2.85. The van der Waals surface area contributed by atoms with Gasteiger partial charge in [0.05, 0.1) is 9.81 Å². The standard InChI is InChI=1S/C15H8N2O6S2/c18-11(6-10-13(20)17-15(22)25-10)23-8-3-1-2-7(4-8)5-9-12(19)16-14(21)24-9/h1-6H,(H,16,19,21)(H,17,20,22)/b9-5-,10-6+. The third kappa shape index (κ3) is 4.17. The maximum atomic E-state index is 11.8. The number of ether oxygens (including phenoxy) is 1. The van der Waals surface area contributed by atoms with Gasteiger partial charge in [0.15, 0.2) is 0 Å². The summed E-state index contributed by atoms with van der Waals surface area (Å²) < 4.78 is 5.09. The van der Waals surface area contributed by atoms with Crippen molar-refractivity contribution >= 4 is 57.9 Å². The highest BCUT2D eigenvalue weighted by atomic mass is 32.2. The Morgan fingerprint density at radius 1 is 0.960 bits per heavy atom. The van der Waals surface area contributed by atoms with E-state index in [-0.39, 0.29) is 15.6 Å². The fraction of sp³-hybridized carbons (Fsp3) is 0. The van der Waals surface area contributed by atoms with E-state index in [0.717, 1.165) is 17.8 Å². The van der Waals surface area contributed by atoms with E-state index in [4.69, 9.17) is 4.74 Å². The fourth-order valence-electron chi connectivity index (χ4n) is 1.91. The van der Waals surface area contributed by atoms with E-state index >= 15 is 0 Å². The Bertz CT molecular complexity index is 890. The second kappa shape index (κ2) is 6.95. The third-order valence-electron chi connectivity index (χ3n) is 2.91. The summed E-state index contributed by atoms with van der Waals surface area (Å²) in [5.41, 5.74) is 0.550. The van der Waals surface area contributed by atoms with Gasteiger partial charge >= 0.3 is 5.97 Å². The lowest BCUT2D eigenvalue weighted by Gasteiger charge is -2.03. The number of carbonyl (C=O) groups excluding carboxylic acids is 5. The van der Waals surface area contributed by atoms with Crippen LogP contribution in [-0.2, 0) is 14.4 Å². The summed E-state index contributed by atoms with van der Waals surface area (Å²) in [4.78, 5) is 57.1. The lowest BCUT2D eigenvalue weighted by Crippen LogP contribution is -2.18. The lowest BCUT2D eigenvalue weighted by molar-refractivity contribution is -0.129. The Balaban J connectivity index is 1.73. The summed E-state index contributed by atoms with van der Waals surface area (Å²) in [5, 5.41) is 3.16. The van der Waals surface area contributed by atoms with Gasteiger partial charge in [-0.05, 0) is 47.3 Å². The van der Waals surface area contributed by atoms with Crippen LogP contribution in [0, 0.1) is 0 Å². The highest BCUT2D eigenvalue weighted by Gasteiger charge is 2.26. The van der Waals surface area contributed by atoms with Crippen molar-refractivity contribution in [2.45, 2.75) is 0 Å². The molecule has 0 bridgehead atoms. The zero-order valence-electron chi connectivity index (χ0n) is 12.2. The van der Waals surface area contributed by atoms with Gasteiger partial charge in [0, 0.05) is 6.08 Å². The van der Waals surface area contributed by atoms with Crippen molar-refractivity contribution in [2.75, 3.05) is 0 Å². The quantitative estimate of drug-likeness (QED) is 0.466. The van der Waals surface area contributed by atoms with Gasteiger partial charge in [-0.2, -0.15) is 0 Å². The first-order chi connectivity index (χ1) is 11.9. The van der Waals surface area contributed by atoms with Crippen LogP contribution in [0.25, 0.3) is 6.08 Å². The van der Waals surface area contributed by atoms with Crippen molar-refractivity contribution in [2.24, 2.45) is 0 Å². The van der Waals surface area contributed by atoms with E-state index in [1.165, 1.54) is 18.2 Å². The molecule has 10 heteroatoms. The van der Waals surface area contributed by atoms with Crippen molar-refractivity contribution in [1.29, 1.82) is 0 Å². The molecule has 2 N–H and O–H groups in total. The fourth-order valence-corrected chi connectivity index (χ4v) is 3.24. The van der Waals surface area contributed by atoms with Crippen LogP contribution < -0.4 is 15.4 Å². The molecule has 0 saturated carbocycles. The van der Waals surface area contributed by atoms with Gasteiger partial charge in [0.1, 0.15) is 5.75 Å². The molecule has 2 fully saturated rings. The van der Waals surface area contributed by atoms with E-state index in [9.17, 15) is 24.0 Å². The summed E-state index contributed by atoms with van der Waals surface area (Å²) in [6.07, 6.45) is 2.41.